The van der Waals surface area contributed by atoms with Crippen molar-refractivity contribution in [3.8, 4) is 0 Å². The van der Waals surface area contributed by atoms with Gasteiger partial charge in [0.05, 0.1) is 5.69 Å². The van der Waals surface area contributed by atoms with Crippen molar-refractivity contribution in [2.45, 2.75) is 30.8 Å². The first-order valence-electron chi connectivity index (χ1n) is 5.65. The lowest BCUT2D eigenvalue weighted by molar-refractivity contribution is 0.1000. The number of hydrogen-bond donors (Lipinski definition) is 1. The summed E-state index contributed by atoms with van der Waals surface area (Å²) in [4.78, 5) is 0. The highest BCUT2D eigenvalue weighted by atomic mass is 32.2. The third kappa shape index (κ3) is 2.52. The quantitative estimate of drug-likeness (QED) is 0.875. The van der Waals surface area contributed by atoms with Crippen molar-refractivity contribution in [3.63, 3.8) is 0 Å². The van der Waals surface area contributed by atoms with E-state index in [0.717, 1.165) is 43.3 Å². The molecule has 1 saturated heterocycles. The number of thioether (sulfide) groups is 1. The molecule has 4 nitrogen and oxygen atoms in total. The van der Waals surface area contributed by atoms with Crippen LogP contribution in [0.2, 0.25) is 0 Å². The molecule has 1 aromatic heterocycles. The van der Waals surface area contributed by atoms with Gasteiger partial charge in [-0.05, 0) is 19.8 Å². The van der Waals surface area contributed by atoms with Crippen molar-refractivity contribution >= 4 is 17.6 Å². The maximum absolute atomic E-state index is 5.98. The Kier molecular flexibility index (Phi) is 3.76. The molecular weight excluding hydrogens is 222 g/mol. The molecule has 16 heavy (non-hydrogen) atoms. The highest BCUT2D eigenvalue weighted by Crippen LogP contribution is 2.28. The second kappa shape index (κ2) is 5.10. The summed E-state index contributed by atoms with van der Waals surface area (Å²) in [6.45, 7) is 3.83. The Hall–Kier alpha value is -0.680. The molecule has 2 rings (SSSR count). The van der Waals surface area contributed by atoms with Crippen molar-refractivity contribution in [1.29, 1.82) is 0 Å². The van der Waals surface area contributed by atoms with Gasteiger partial charge in [-0.2, -0.15) is 16.9 Å². The van der Waals surface area contributed by atoms with Gasteiger partial charge in [-0.25, -0.2) is 0 Å². The van der Waals surface area contributed by atoms with Crippen LogP contribution >= 0.6 is 11.8 Å². The van der Waals surface area contributed by atoms with Crippen LogP contribution in [0, 0.1) is 6.92 Å². The Bertz CT molecular complexity index is 358. The van der Waals surface area contributed by atoms with Gasteiger partial charge in [-0.3, -0.25) is 4.68 Å². The lowest BCUT2D eigenvalue weighted by Crippen LogP contribution is -2.17. The van der Waals surface area contributed by atoms with Gasteiger partial charge < -0.3 is 10.5 Å². The van der Waals surface area contributed by atoms with Crippen LogP contribution in [-0.4, -0.2) is 28.2 Å². The van der Waals surface area contributed by atoms with Gasteiger partial charge in [0.2, 0.25) is 0 Å². The summed E-state index contributed by atoms with van der Waals surface area (Å²) in [5.41, 5.74) is 8.23. The van der Waals surface area contributed by atoms with Gasteiger partial charge in [-0.1, -0.05) is 0 Å². The van der Waals surface area contributed by atoms with Gasteiger partial charge in [-0.15, -0.1) is 0 Å². The molecule has 0 radical (unpaired) electrons. The number of ether oxygens (including phenoxy) is 1. The number of nitrogens with two attached hydrogens (primary N) is 1. The lowest BCUT2D eigenvalue weighted by atomic mass is 10.2. The van der Waals surface area contributed by atoms with Crippen molar-refractivity contribution in [1.82, 2.24) is 9.78 Å². The molecule has 1 aliphatic heterocycles. The van der Waals surface area contributed by atoms with Crippen molar-refractivity contribution in [2.24, 2.45) is 7.05 Å². The average Bonchev–Trinajstić information content (AvgIpc) is 2.53. The first kappa shape index (κ1) is 11.8. The molecule has 0 saturated carbocycles. The van der Waals surface area contributed by atoms with Crippen LogP contribution in [-0.2, 0) is 17.5 Å². The predicted molar refractivity (Wildman–Crippen MR) is 67.5 cm³/mol. The fourth-order valence-corrected chi connectivity index (χ4v) is 3.23. The predicted octanol–water partition coefficient (Wildman–Crippen LogP) is 1.72. The van der Waals surface area contributed by atoms with Gasteiger partial charge in [0, 0.05) is 36.8 Å². The minimum atomic E-state index is 0.716. The number of hydrogen-bond acceptors (Lipinski definition) is 4. The number of nitrogen functional groups attached to an aromatic ring is 1. The summed E-state index contributed by atoms with van der Waals surface area (Å²) in [5, 5.41) is 5.04. The SMILES string of the molecule is Cc1nn(C)c(N)c1CSC1CCOCC1. The highest BCUT2D eigenvalue weighted by Gasteiger charge is 2.17. The molecular formula is C11H19N3OS. The van der Waals surface area contributed by atoms with Crippen molar-refractivity contribution in [3.05, 3.63) is 11.3 Å². The molecule has 2 N–H and O–H groups in total. The molecule has 0 atom stereocenters. The third-order valence-electron chi connectivity index (χ3n) is 3.03. The molecule has 1 aromatic rings. The Morgan fingerprint density at radius 3 is 2.75 bits per heavy atom. The minimum absolute atomic E-state index is 0.716. The van der Waals surface area contributed by atoms with Crippen LogP contribution in [0.5, 0.6) is 0 Å². The maximum atomic E-state index is 5.98. The van der Waals surface area contributed by atoms with Crippen LogP contribution < -0.4 is 5.73 Å². The smallest absolute Gasteiger partial charge is 0.125 e. The zero-order valence-electron chi connectivity index (χ0n) is 9.90. The monoisotopic (exact) mass is 241 g/mol. The number of aryl methyl sites for hydroxylation is 2. The highest BCUT2D eigenvalue weighted by molar-refractivity contribution is 7.99. The van der Waals surface area contributed by atoms with Gasteiger partial charge in [0.1, 0.15) is 5.82 Å². The zero-order valence-corrected chi connectivity index (χ0v) is 10.7. The number of rotatable bonds is 3. The van der Waals surface area contributed by atoms with Crippen LogP contribution in [0.25, 0.3) is 0 Å². The molecule has 0 spiro atoms. The number of anilines is 1. The van der Waals surface area contributed by atoms with Gasteiger partial charge >= 0.3 is 0 Å². The second-order valence-electron chi connectivity index (χ2n) is 4.20. The molecule has 2 heterocycles. The van der Waals surface area contributed by atoms with Crippen LogP contribution in [0.4, 0.5) is 5.82 Å². The number of nitrogens with zero attached hydrogens (tertiary/aromatic N) is 2. The Morgan fingerprint density at radius 2 is 2.19 bits per heavy atom. The minimum Gasteiger partial charge on any atom is -0.384 e. The summed E-state index contributed by atoms with van der Waals surface area (Å²) in [6.07, 6.45) is 2.31. The standard InChI is InChI=1S/C11H19N3OS/c1-8-10(11(12)14(2)13-8)7-16-9-3-5-15-6-4-9/h9H,3-7,12H2,1-2H3. The van der Waals surface area contributed by atoms with Gasteiger partial charge in [0.25, 0.3) is 0 Å². The largest absolute Gasteiger partial charge is 0.384 e. The molecule has 0 aliphatic carbocycles. The maximum Gasteiger partial charge on any atom is 0.125 e. The molecule has 5 heteroatoms. The fraction of sp³-hybridized carbons (Fsp3) is 0.727. The summed E-state index contributed by atoms with van der Waals surface area (Å²) in [6, 6.07) is 0. The first-order valence-corrected chi connectivity index (χ1v) is 6.70. The van der Waals surface area contributed by atoms with Crippen molar-refractivity contribution in [2.75, 3.05) is 18.9 Å². The molecule has 90 valence electrons. The van der Waals surface area contributed by atoms with E-state index in [1.165, 1.54) is 5.56 Å². The van der Waals surface area contributed by atoms with Crippen LogP contribution in [0.15, 0.2) is 0 Å². The van der Waals surface area contributed by atoms with Gasteiger partial charge in [0.15, 0.2) is 0 Å². The number of aromatic nitrogens is 2. The van der Waals surface area contributed by atoms with E-state index in [4.69, 9.17) is 10.5 Å². The average molecular weight is 241 g/mol. The van der Waals surface area contributed by atoms with Crippen LogP contribution in [0.3, 0.4) is 0 Å². The van der Waals surface area contributed by atoms with E-state index < -0.39 is 0 Å². The molecule has 0 bridgehead atoms. The topological polar surface area (TPSA) is 53.1 Å². The molecule has 1 aliphatic rings. The first-order chi connectivity index (χ1) is 7.68. The second-order valence-corrected chi connectivity index (χ2v) is 5.48. The van der Waals surface area contributed by atoms with E-state index in [-0.39, 0.29) is 0 Å². The van der Waals surface area contributed by atoms with E-state index in [9.17, 15) is 0 Å². The van der Waals surface area contributed by atoms with Crippen molar-refractivity contribution < 1.29 is 4.74 Å². The fourth-order valence-electron chi connectivity index (χ4n) is 1.94. The third-order valence-corrected chi connectivity index (χ3v) is 4.42. The summed E-state index contributed by atoms with van der Waals surface area (Å²) in [7, 11) is 1.89. The summed E-state index contributed by atoms with van der Waals surface area (Å²) >= 11 is 1.98. The van der Waals surface area contributed by atoms with E-state index in [1.54, 1.807) is 4.68 Å². The Labute approximate surface area is 101 Å². The van der Waals surface area contributed by atoms with E-state index >= 15 is 0 Å². The lowest BCUT2D eigenvalue weighted by Gasteiger charge is -2.21. The van der Waals surface area contributed by atoms with E-state index in [0.29, 0.717) is 5.25 Å². The molecule has 0 unspecified atom stereocenters. The molecule has 0 amide bonds. The summed E-state index contributed by atoms with van der Waals surface area (Å²) in [5.74, 6) is 1.77. The van der Waals surface area contributed by atoms with E-state index in [2.05, 4.69) is 5.10 Å². The van der Waals surface area contributed by atoms with Crippen LogP contribution in [0.1, 0.15) is 24.1 Å². The summed E-state index contributed by atoms with van der Waals surface area (Å²) < 4.78 is 7.11. The molecule has 1 fully saturated rings. The Morgan fingerprint density at radius 1 is 1.50 bits per heavy atom. The normalized spacial score (nSPS) is 17.9. The zero-order chi connectivity index (χ0) is 11.5. The van der Waals surface area contributed by atoms with E-state index in [1.807, 2.05) is 25.7 Å². The Balaban J connectivity index is 1.93. The molecule has 0 aromatic carbocycles.